The molecule has 62 valence electrons. The Hall–Kier alpha value is 0.806. The molecule has 0 amide bonds. The third-order valence-corrected chi connectivity index (χ3v) is 1.42. The van der Waals surface area contributed by atoms with Crippen molar-refractivity contribution in [1.29, 1.82) is 0 Å². The minimum atomic E-state index is -4.39. The van der Waals surface area contributed by atoms with E-state index in [9.17, 15) is 4.57 Å². The van der Waals surface area contributed by atoms with Crippen LogP contribution in [0.2, 0.25) is 0 Å². The van der Waals surface area contributed by atoms with Gasteiger partial charge in [0.25, 0.3) is 0 Å². The fourth-order valence-corrected chi connectivity index (χ4v) is 1.02. The molecule has 4 nitrogen and oxygen atoms in total. The molecule has 0 aliphatic rings. The number of benzene rings is 1. The molecule has 0 bridgehead atoms. The summed E-state index contributed by atoms with van der Waals surface area (Å²) in [7, 11) is -4.39. The maximum absolute atomic E-state index is 10.3. The summed E-state index contributed by atoms with van der Waals surface area (Å²) in [5, 5.41) is 0. The molecule has 0 atom stereocenters. The van der Waals surface area contributed by atoms with Crippen molar-refractivity contribution < 1.29 is 71.7 Å². The predicted molar refractivity (Wildman–Crippen MR) is 40.2 cm³/mol. The first-order valence-electron chi connectivity index (χ1n) is 2.88. The summed E-state index contributed by atoms with van der Waals surface area (Å²) in [5.74, 6) is 0.167. The summed E-state index contributed by atoms with van der Waals surface area (Å²) in [6.45, 7) is 0. The molecule has 0 aromatic heterocycles. The van der Waals surface area contributed by atoms with Gasteiger partial charge in [0.1, 0.15) is 5.75 Å². The van der Waals surface area contributed by atoms with Crippen molar-refractivity contribution in [1.82, 2.24) is 0 Å². The molecule has 0 radical (unpaired) electrons. The van der Waals surface area contributed by atoms with Crippen LogP contribution >= 0.6 is 7.82 Å². The fraction of sp³-hybridized carbons (Fsp3) is 0. The molecule has 0 saturated carbocycles. The van der Waals surface area contributed by atoms with Gasteiger partial charge in [0.2, 0.25) is 0 Å². The molecule has 0 spiro atoms. The van der Waals surface area contributed by atoms with Crippen molar-refractivity contribution in [2.45, 2.75) is 0 Å². The fourth-order valence-electron chi connectivity index (χ4n) is 0.619. The Labute approximate surface area is 114 Å². The first kappa shape index (κ1) is 12.8. The largest absolute Gasteiger partial charge is 1.00 e. The van der Waals surface area contributed by atoms with Gasteiger partial charge in [-0.05, 0) is 12.1 Å². The van der Waals surface area contributed by atoms with Crippen LogP contribution in [0, 0.1) is 0 Å². The Kier molecular flexibility index (Phi) is 5.89. The van der Waals surface area contributed by atoms with Gasteiger partial charge in [-0.1, -0.05) is 18.2 Å². The zero-order chi connectivity index (χ0) is 8.32. The molecule has 0 aliphatic heterocycles. The summed E-state index contributed by atoms with van der Waals surface area (Å²) < 4.78 is 14.5. The van der Waals surface area contributed by atoms with Crippen LogP contribution in [0.4, 0.5) is 0 Å². The second-order valence-electron chi connectivity index (χ2n) is 1.89. The summed E-state index contributed by atoms with van der Waals surface area (Å²) in [6, 6.07) is 7.93. The van der Waals surface area contributed by atoms with Gasteiger partial charge in [0.05, 0.1) is 0 Å². The molecule has 0 saturated heterocycles. The van der Waals surface area contributed by atoms with E-state index in [2.05, 4.69) is 4.52 Å². The Bertz CT molecular complexity index is 275. The van der Waals surface area contributed by atoms with Crippen LogP contribution in [0.25, 0.3) is 0 Å². The number of hydrogen-bond donors (Lipinski definition) is 2. The van der Waals surface area contributed by atoms with Gasteiger partial charge in [0, 0.05) is 0 Å². The minimum Gasteiger partial charge on any atom is -1.00 e. The molecular weight excluding hydrogens is 206 g/mol. The van der Waals surface area contributed by atoms with E-state index in [0.717, 1.165) is 0 Å². The third-order valence-electron chi connectivity index (χ3n) is 0.968. The van der Waals surface area contributed by atoms with E-state index in [1.54, 1.807) is 18.2 Å². The van der Waals surface area contributed by atoms with Crippen LogP contribution in [0.1, 0.15) is 1.43 Å². The van der Waals surface area contributed by atoms with E-state index >= 15 is 0 Å². The van der Waals surface area contributed by atoms with Gasteiger partial charge < -0.3 is 5.95 Å². The number of phosphoric acid groups is 1. The van der Waals surface area contributed by atoms with Crippen LogP contribution in [-0.2, 0) is 4.57 Å². The molecule has 1 aromatic rings. The Balaban J connectivity index is 0. The molecular formula is C6H8KO4P. The smallest absolute Gasteiger partial charge is 1.00 e. The Morgan fingerprint density at radius 3 is 2.17 bits per heavy atom. The molecule has 1 aromatic carbocycles. The van der Waals surface area contributed by atoms with Gasteiger partial charge in [-0.25, -0.2) is 4.57 Å². The zero-order valence-corrected chi connectivity index (χ0v) is 10.6. The number of phosphoric ester groups is 1. The minimum absolute atomic E-state index is 0. The Morgan fingerprint density at radius 2 is 1.75 bits per heavy atom. The summed E-state index contributed by atoms with van der Waals surface area (Å²) in [5.41, 5.74) is 0. The van der Waals surface area contributed by atoms with Crippen molar-refractivity contribution in [3.05, 3.63) is 30.3 Å². The molecule has 0 fully saturated rings. The van der Waals surface area contributed by atoms with Gasteiger partial charge >= 0.3 is 59.2 Å². The standard InChI is InChI=1S/C6H7O4P.K.H/c7-11(8,9)10-6-4-2-1-3-5-6;;/h1-5H,(H2,7,8,9);;/q;+1;-1. The first-order chi connectivity index (χ1) is 5.08. The van der Waals surface area contributed by atoms with Crippen molar-refractivity contribution in [3.8, 4) is 5.75 Å². The number of para-hydroxylation sites is 1. The van der Waals surface area contributed by atoms with Crippen LogP contribution in [0.3, 0.4) is 0 Å². The molecule has 0 heterocycles. The second-order valence-corrected chi connectivity index (χ2v) is 3.06. The van der Waals surface area contributed by atoms with E-state index in [1.807, 2.05) is 0 Å². The average molecular weight is 214 g/mol. The van der Waals surface area contributed by atoms with Crippen molar-refractivity contribution in [2.24, 2.45) is 0 Å². The number of rotatable bonds is 2. The van der Waals surface area contributed by atoms with Gasteiger partial charge in [-0.2, -0.15) is 0 Å². The van der Waals surface area contributed by atoms with Crippen LogP contribution in [0.15, 0.2) is 30.3 Å². The normalized spacial score (nSPS) is 10.2. The van der Waals surface area contributed by atoms with Gasteiger partial charge in [-0.15, -0.1) is 0 Å². The van der Waals surface area contributed by atoms with E-state index in [4.69, 9.17) is 9.79 Å². The topological polar surface area (TPSA) is 66.8 Å². The van der Waals surface area contributed by atoms with Crippen LogP contribution < -0.4 is 55.9 Å². The van der Waals surface area contributed by atoms with E-state index < -0.39 is 7.82 Å². The molecule has 2 N–H and O–H groups in total. The van der Waals surface area contributed by atoms with E-state index in [1.165, 1.54) is 12.1 Å². The Morgan fingerprint density at radius 1 is 1.25 bits per heavy atom. The molecule has 6 heteroatoms. The zero-order valence-electron chi connectivity index (χ0n) is 7.54. The average Bonchev–Trinajstić information content (AvgIpc) is 1.85. The van der Waals surface area contributed by atoms with Crippen molar-refractivity contribution in [3.63, 3.8) is 0 Å². The monoisotopic (exact) mass is 214 g/mol. The van der Waals surface area contributed by atoms with E-state index in [-0.39, 0.29) is 58.6 Å². The van der Waals surface area contributed by atoms with Crippen LogP contribution in [-0.4, -0.2) is 9.79 Å². The molecule has 12 heavy (non-hydrogen) atoms. The maximum Gasteiger partial charge on any atom is 1.00 e. The van der Waals surface area contributed by atoms with E-state index in [0.29, 0.717) is 0 Å². The first-order valence-corrected chi connectivity index (χ1v) is 4.41. The predicted octanol–water partition coefficient (Wildman–Crippen LogP) is -1.73. The van der Waals surface area contributed by atoms with Gasteiger partial charge in [-0.3, -0.25) is 9.79 Å². The van der Waals surface area contributed by atoms with Crippen LogP contribution in [0.5, 0.6) is 5.75 Å². The van der Waals surface area contributed by atoms with Gasteiger partial charge in [0.15, 0.2) is 0 Å². The second kappa shape index (κ2) is 5.52. The summed E-state index contributed by atoms with van der Waals surface area (Å²) in [4.78, 5) is 16.7. The van der Waals surface area contributed by atoms with Crippen molar-refractivity contribution >= 4 is 7.82 Å². The van der Waals surface area contributed by atoms with Crippen molar-refractivity contribution in [2.75, 3.05) is 0 Å². The third kappa shape index (κ3) is 5.45. The quantitative estimate of drug-likeness (QED) is 0.454. The SMILES string of the molecule is O=P(O)(O)Oc1ccccc1.[H-].[K+]. The summed E-state index contributed by atoms with van der Waals surface area (Å²) in [6.07, 6.45) is 0. The molecule has 0 aliphatic carbocycles. The number of hydrogen-bond acceptors (Lipinski definition) is 2. The summed E-state index contributed by atoms with van der Waals surface area (Å²) >= 11 is 0. The molecule has 1 rings (SSSR count). The maximum atomic E-state index is 10.3. The molecule has 0 unspecified atom stereocenters.